The van der Waals surface area contributed by atoms with Gasteiger partial charge in [0.15, 0.2) is 0 Å². The molecule has 0 aliphatic carbocycles. The Morgan fingerprint density at radius 1 is 1.27 bits per heavy atom. The van der Waals surface area contributed by atoms with Crippen LogP contribution < -0.4 is 10.3 Å². The summed E-state index contributed by atoms with van der Waals surface area (Å²) in [6, 6.07) is 12.9. The van der Waals surface area contributed by atoms with Crippen molar-refractivity contribution in [2.45, 2.75) is 38.4 Å². The number of halogens is 1. The van der Waals surface area contributed by atoms with Crippen molar-refractivity contribution in [3.05, 3.63) is 65.0 Å². The number of amides is 1. The van der Waals surface area contributed by atoms with E-state index in [2.05, 4.69) is 33.6 Å². The molecule has 0 bridgehead atoms. The van der Waals surface area contributed by atoms with Crippen LogP contribution >= 0.6 is 11.8 Å². The summed E-state index contributed by atoms with van der Waals surface area (Å²) in [7, 11) is 0. The van der Waals surface area contributed by atoms with E-state index in [-0.39, 0.29) is 11.1 Å². The van der Waals surface area contributed by atoms with Crippen molar-refractivity contribution in [2.75, 3.05) is 18.0 Å². The number of carbonyl (C=O) groups is 1. The van der Waals surface area contributed by atoms with Crippen molar-refractivity contribution in [1.82, 2.24) is 5.43 Å². The molecule has 5 nitrogen and oxygen atoms in total. The predicted molar refractivity (Wildman–Crippen MR) is 122 cm³/mol. The van der Waals surface area contributed by atoms with Crippen LogP contribution in [0.3, 0.4) is 0 Å². The van der Waals surface area contributed by atoms with E-state index in [1.54, 1.807) is 12.1 Å². The van der Waals surface area contributed by atoms with Crippen molar-refractivity contribution >= 4 is 34.2 Å². The summed E-state index contributed by atoms with van der Waals surface area (Å²) in [6.45, 7) is 7.55. The van der Waals surface area contributed by atoms with Gasteiger partial charge in [0.2, 0.25) is 0 Å². The summed E-state index contributed by atoms with van der Waals surface area (Å²) in [4.78, 5) is 18.7. The highest BCUT2D eigenvalue weighted by Gasteiger charge is 2.34. The summed E-state index contributed by atoms with van der Waals surface area (Å²) in [5.41, 5.74) is 7.73. The lowest BCUT2D eigenvalue weighted by atomic mass is 9.93. The second-order valence-corrected chi connectivity index (χ2v) is 9.47. The first-order chi connectivity index (χ1) is 14.4. The van der Waals surface area contributed by atoms with Gasteiger partial charge in [0, 0.05) is 24.3 Å². The number of hydrogen-bond donors (Lipinski definition) is 1. The van der Waals surface area contributed by atoms with Crippen LogP contribution in [-0.2, 0) is 6.42 Å². The van der Waals surface area contributed by atoms with Crippen molar-refractivity contribution in [2.24, 2.45) is 10.1 Å². The van der Waals surface area contributed by atoms with E-state index < -0.39 is 4.75 Å². The van der Waals surface area contributed by atoms with Crippen molar-refractivity contribution in [1.29, 1.82) is 0 Å². The van der Waals surface area contributed by atoms with Crippen LogP contribution in [-0.4, -0.2) is 34.6 Å². The van der Waals surface area contributed by atoms with Crippen LogP contribution in [0.15, 0.2) is 52.6 Å². The summed E-state index contributed by atoms with van der Waals surface area (Å²) in [6.07, 6.45) is 1.97. The number of anilines is 1. The number of thioether (sulfide) groups is 1. The lowest BCUT2D eigenvalue weighted by Crippen LogP contribution is -2.39. The molecular formula is C23H25FN4OS. The number of amidine groups is 1. The summed E-state index contributed by atoms with van der Waals surface area (Å²) in [5, 5.41) is 4.21. The van der Waals surface area contributed by atoms with Gasteiger partial charge in [0.05, 0.1) is 10.5 Å². The van der Waals surface area contributed by atoms with E-state index in [4.69, 9.17) is 4.99 Å². The minimum atomic E-state index is -0.395. The van der Waals surface area contributed by atoms with Gasteiger partial charge in [0.25, 0.3) is 5.24 Å². The van der Waals surface area contributed by atoms with Crippen LogP contribution in [0.25, 0.3) is 0 Å². The fourth-order valence-electron chi connectivity index (χ4n) is 4.00. The fraction of sp³-hybridized carbons (Fsp3) is 0.348. The zero-order chi connectivity index (χ0) is 21.3. The summed E-state index contributed by atoms with van der Waals surface area (Å²) in [5.74, 6) is 0.614. The molecule has 1 N–H and O–H groups in total. The molecule has 0 spiro atoms. The van der Waals surface area contributed by atoms with Crippen LogP contribution in [0.1, 0.15) is 43.9 Å². The first kappa shape index (κ1) is 20.6. The molecular weight excluding hydrogens is 399 g/mol. The molecule has 156 valence electrons. The number of aryl methyl sites for hydroxylation is 1. The third-order valence-corrected chi connectivity index (χ3v) is 6.30. The molecule has 0 saturated heterocycles. The Labute approximate surface area is 180 Å². The average Bonchev–Trinajstić information content (AvgIpc) is 2.71. The van der Waals surface area contributed by atoms with Crippen LogP contribution in [0.5, 0.6) is 0 Å². The van der Waals surface area contributed by atoms with E-state index in [1.165, 1.54) is 29.5 Å². The van der Waals surface area contributed by atoms with E-state index in [0.717, 1.165) is 47.7 Å². The largest absolute Gasteiger partial charge is 0.326 e. The molecule has 1 amide bonds. The van der Waals surface area contributed by atoms with Crippen LogP contribution in [0, 0.1) is 5.82 Å². The molecule has 2 aromatic carbocycles. The molecule has 0 saturated carbocycles. The normalized spacial score (nSPS) is 18.5. The topological polar surface area (TPSA) is 57.1 Å². The molecule has 2 heterocycles. The third kappa shape index (κ3) is 3.99. The van der Waals surface area contributed by atoms with Crippen LogP contribution in [0.4, 0.5) is 14.9 Å². The molecule has 0 fully saturated rings. The molecule has 2 aliphatic heterocycles. The molecule has 0 radical (unpaired) electrons. The van der Waals surface area contributed by atoms with Gasteiger partial charge in [-0.25, -0.2) is 9.82 Å². The Morgan fingerprint density at radius 3 is 2.73 bits per heavy atom. The quantitative estimate of drug-likeness (QED) is 0.558. The molecule has 0 unspecified atom stereocenters. The maximum Gasteiger partial charge on any atom is 0.300 e. The SMILES string of the molecule is CCN=C(c1ccc(F)cc1)N1CCCc2cc(C3=NNC(=O)SC3(C)C)ccc21. The Kier molecular flexibility index (Phi) is 5.64. The Balaban J connectivity index is 1.72. The van der Waals surface area contributed by atoms with E-state index in [1.807, 2.05) is 20.8 Å². The molecule has 4 rings (SSSR count). The van der Waals surface area contributed by atoms with Gasteiger partial charge in [-0.05, 0) is 81.1 Å². The second-order valence-electron chi connectivity index (χ2n) is 7.88. The summed E-state index contributed by atoms with van der Waals surface area (Å²) < 4.78 is 13.0. The second kappa shape index (κ2) is 8.22. The minimum absolute atomic E-state index is 0.132. The lowest BCUT2D eigenvalue weighted by Gasteiger charge is -2.34. The van der Waals surface area contributed by atoms with E-state index in [0.29, 0.717) is 6.54 Å². The third-order valence-electron chi connectivity index (χ3n) is 5.31. The Hall–Kier alpha value is -2.67. The van der Waals surface area contributed by atoms with Gasteiger partial charge in [0.1, 0.15) is 11.7 Å². The molecule has 2 aliphatic rings. The van der Waals surface area contributed by atoms with Crippen molar-refractivity contribution < 1.29 is 9.18 Å². The average molecular weight is 425 g/mol. The lowest BCUT2D eigenvalue weighted by molar-refractivity contribution is 0.260. The van der Waals surface area contributed by atoms with Gasteiger partial charge < -0.3 is 4.90 Å². The van der Waals surface area contributed by atoms with Gasteiger partial charge in [-0.3, -0.25) is 9.79 Å². The predicted octanol–water partition coefficient (Wildman–Crippen LogP) is 4.98. The van der Waals surface area contributed by atoms with E-state index in [9.17, 15) is 9.18 Å². The number of hydrazone groups is 1. The van der Waals surface area contributed by atoms with Gasteiger partial charge in [-0.2, -0.15) is 5.10 Å². The molecule has 0 aromatic heterocycles. The van der Waals surface area contributed by atoms with E-state index >= 15 is 0 Å². The highest BCUT2D eigenvalue weighted by atomic mass is 32.2. The van der Waals surface area contributed by atoms with Crippen molar-refractivity contribution in [3.8, 4) is 0 Å². The smallest absolute Gasteiger partial charge is 0.300 e. The summed E-state index contributed by atoms with van der Waals surface area (Å²) >= 11 is 1.25. The zero-order valence-electron chi connectivity index (χ0n) is 17.4. The Bertz CT molecular complexity index is 1030. The molecule has 2 aromatic rings. The van der Waals surface area contributed by atoms with Crippen molar-refractivity contribution in [3.63, 3.8) is 0 Å². The number of nitrogens with zero attached hydrogens (tertiary/aromatic N) is 3. The highest BCUT2D eigenvalue weighted by Crippen LogP contribution is 2.35. The first-order valence-electron chi connectivity index (χ1n) is 10.2. The zero-order valence-corrected chi connectivity index (χ0v) is 18.2. The van der Waals surface area contributed by atoms with Gasteiger partial charge >= 0.3 is 0 Å². The highest BCUT2D eigenvalue weighted by molar-refractivity contribution is 8.15. The molecule has 7 heteroatoms. The van der Waals surface area contributed by atoms with Gasteiger partial charge in [-0.15, -0.1) is 0 Å². The number of carbonyl (C=O) groups excluding carboxylic acids is 1. The molecule has 0 atom stereocenters. The monoisotopic (exact) mass is 424 g/mol. The van der Waals surface area contributed by atoms with Gasteiger partial charge in [-0.1, -0.05) is 17.8 Å². The number of hydrogen-bond acceptors (Lipinski definition) is 4. The minimum Gasteiger partial charge on any atom is -0.326 e. The maximum atomic E-state index is 13.4. The number of aliphatic imine (C=N–C) groups is 1. The number of rotatable bonds is 3. The Morgan fingerprint density at radius 2 is 2.03 bits per heavy atom. The number of nitrogens with one attached hydrogen (secondary N) is 1. The van der Waals surface area contributed by atoms with Crippen LogP contribution in [0.2, 0.25) is 0 Å². The maximum absolute atomic E-state index is 13.4. The number of fused-ring (bicyclic) bond motifs is 1. The first-order valence-corrected chi connectivity index (χ1v) is 11.0. The standard InChI is InChI=1S/C23H25FN4OS/c1-4-25-21(15-7-10-18(24)11-8-15)28-13-5-6-16-14-17(9-12-19(16)28)20-23(2,3)30-22(29)27-26-20/h7-12,14H,4-6,13H2,1-3H3,(H,27,29). The fourth-order valence-corrected chi connectivity index (χ4v) is 4.81. The molecule has 30 heavy (non-hydrogen) atoms. The number of benzene rings is 2.